The summed E-state index contributed by atoms with van der Waals surface area (Å²) >= 11 is 0. The van der Waals surface area contributed by atoms with Gasteiger partial charge in [0.1, 0.15) is 6.23 Å². The molecule has 1 fully saturated rings. The Balaban J connectivity index is 2.30. The second-order valence-electron chi connectivity index (χ2n) is 2.03. The molecule has 1 aliphatic heterocycles. The van der Waals surface area contributed by atoms with Crippen molar-refractivity contribution in [3.8, 4) is 0 Å². The van der Waals surface area contributed by atoms with E-state index in [0.717, 1.165) is 19.4 Å². The molecule has 0 aromatic heterocycles. The Hall–Kier alpha value is -0.610. The second kappa shape index (κ2) is 2.80. The summed E-state index contributed by atoms with van der Waals surface area (Å²) in [7, 11) is 0. The summed E-state index contributed by atoms with van der Waals surface area (Å²) in [6.07, 6.45) is 2.66. The van der Waals surface area contributed by atoms with Crippen molar-refractivity contribution in [2.24, 2.45) is 0 Å². The highest BCUT2D eigenvalue weighted by atomic mass is 16.3. The van der Waals surface area contributed by atoms with Crippen molar-refractivity contribution in [1.82, 2.24) is 10.4 Å². The summed E-state index contributed by atoms with van der Waals surface area (Å²) in [6.45, 7) is 0.719. The zero-order valence-electron chi connectivity index (χ0n) is 5.00. The average molecular weight is 129 g/mol. The zero-order valence-corrected chi connectivity index (χ0v) is 5.00. The molecule has 2 N–H and O–H groups in total. The second-order valence-corrected chi connectivity index (χ2v) is 2.03. The molecule has 1 unspecified atom stereocenters. The minimum absolute atomic E-state index is 0.508. The number of aliphatic hydroxyl groups is 1. The molecular formula is C5H9N2O2. The molecule has 4 nitrogen and oxygen atoms in total. The van der Waals surface area contributed by atoms with Gasteiger partial charge < -0.3 is 5.11 Å². The molecule has 0 aromatic carbocycles. The highest BCUT2D eigenvalue weighted by Crippen LogP contribution is 2.10. The Labute approximate surface area is 53.4 Å². The first-order valence-corrected chi connectivity index (χ1v) is 2.92. The van der Waals surface area contributed by atoms with Crippen molar-refractivity contribution in [1.29, 1.82) is 0 Å². The Morgan fingerprint density at radius 2 is 2.56 bits per heavy atom. The molecule has 0 bridgehead atoms. The zero-order chi connectivity index (χ0) is 6.69. The van der Waals surface area contributed by atoms with E-state index in [1.807, 2.05) is 0 Å². The maximum atomic E-state index is 9.72. The quantitative estimate of drug-likeness (QED) is 0.469. The summed E-state index contributed by atoms with van der Waals surface area (Å²) in [6, 6.07) is 0. The van der Waals surface area contributed by atoms with Gasteiger partial charge in [0.2, 0.25) is 0 Å². The van der Waals surface area contributed by atoms with Gasteiger partial charge >= 0.3 is 6.41 Å². The predicted octanol–water partition coefficient (Wildman–Crippen LogP) is -1.03. The Kier molecular flexibility index (Phi) is 2.02. The van der Waals surface area contributed by atoms with Crippen molar-refractivity contribution in [2.75, 3.05) is 6.54 Å². The van der Waals surface area contributed by atoms with Crippen molar-refractivity contribution in [3.05, 3.63) is 0 Å². The Bertz CT molecular complexity index is 107. The van der Waals surface area contributed by atoms with Crippen LogP contribution in [-0.4, -0.2) is 29.3 Å². The maximum absolute atomic E-state index is 9.72. The van der Waals surface area contributed by atoms with Crippen molar-refractivity contribution in [3.63, 3.8) is 0 Å². The summed E-state index contributed by atoms with van der Waals surface area (Å²) < 4.78 is 0. The molecule has 1 radical (unpaired) electrons. The van der Waals surface area contributed by atoms with Crippen molar-refractivity contribution in [2.45, 2.75) is 19.1 Å². The number of nitrogens with one attached hydrogen (secondary N) is 1. The third-order valence-corrected chi connectivity index (χ3v) is 1.41. The number of aliphatic hydroxyl groups excluding tert-OH is 1. The lowest BCUT2D eigenvalue weighted by atomic mass is 10.4. The van der Waals surface area contributed by atoms with Gasteiger partial charge in [-0.1, -0.05) is 0 Å². The first kappa shape index (κ1) is 6.51. The molecule has 1 atom stereocenters. The van der Waals surface area contributed by atoms with Crippen LogP contribution in [-0.2, 0) is 4.79 Å². The van der Waals surface area contributed by atoms with Crippen LogP contribution in [0.4, 0.5) is 0 Å². The average Bonchev–Trinajstić information content (AvgIpc) is 2.18. The molecule has 1 heterocycles. The highest BCUT2D eigenvalue weighted by molar-refractivity contribution is 5.46. The van der Waals surface area contributed by atoms with Crippen molar-refractivity contribution < 1.29 is 9.90 Å². The minimum atomic E-state index is -0.508. The van der Waals surface area contributed by atoms with Gasteiger partial charge in [-0.2, -0.15) is 5.01 Å². The molecule has 1 aliphatic rings. The first-order valence-electron chi connectivity index (χ1n) is 2.92. The standard InChI is InChI=1S/C5H9N2O2/c8-4-6-7-3-1-2-5(7)9/h5,9H,1-3H2,(H,6,8). The van der Waals surface area contributed by atoms with Crippen molar-refractivity contribution >= 4 is 6.41 Å². The Morgan fingerprint density at radius 3 is 3.00 bits per heavy atom. The van der Waals surface area contributed by atoms with Crippen LogP contribution >= 0.6 is 0 Å². The number of hydrazine groups is 1. The summed E-state index contributed by atoms with van der Waals surface area (Å²) in [5.41, 5.74) is 2.27. The van der Waals surface area contributed by atoms with E-state index in [1.54, 1.807) is 0 Å². The van der Waals surface area contributed by atoms with E-state index in [-0.39, 0.29) is 0 Å². The van der Waals surface area contributed by atoms with Gasteiger partial charge in [0.25, 0.3) is 0 Å². The van der Waals surface area contributed by atoms with E-state index in [9.17, 15) is 4.79 Å². The van der Waals surface area contributed by atoms with E-state index in [0.29, 0.717) is 0 Å². The van der Waals surface area contributed by atoms with E-state index in [4.69, 9.17) is 5.11 Å². The molecule has 4 heteroatoms. The molecule has 51 valence electrons. The maximum Gasteiger partial charge on any atom is 0.325 e. The molecule has 0 aliphatic carbocycles. The number of hydrogen-bond donors (Lipinski definition) is 2. The fourth-order valence-corrected chi connectivity index (χ4v) is 0.938. The third kappa shape index (κ3) is 1.40. The molecule has 1 rings (SSSR count). The topological polar surface area (TPSA) is 52.6 Å². The number of hydrogen-bond acceptors (Lipinski definition) is 3. The lowest BCUT2D eigenvalue weighted by Crippen LogP contribution is -2.40. The monoisotopic (exact) mass is 129 g/mol. The molecule has 0 aromatic rings. The lowest BCUT2D eigenvalue weighted by molar-refractivity contribution is 0.0187. The fourth-order valence-electron chi connectivity index (χ4n) is 0.938. The van der Waals surface area contributed by atoms with E-state index in [2.05, 4.69) is 5.43 Å². The van der Waals surface area contributed by atoms with Gasteiger partial charge in [0.05, 0.1) is 0 Å². The number of nitrogens with zero attached hydrogens (tertiary/aromatic N) is 1. The van der Waals surface area contributed by atoms with Gasteiger partial charge in [0, 0.05) is 6.54 Å². The van der Waals surface area contributed by atoms with Crippen LogP contribution in [0.3, 0.4) is 0 Å². The van der Waals surface area contributed by atoms with E-state index >= 15 is 0 Å². The summed E-state index contributed by atoms with van der Waals surface area (Å²) in [4.78, 5) is 9.72. The third-order valence-electron chi connectivity index (χ3n) is 1.41. The van der Waals surface area contributed by atoms with E-state index < -0.39 is 6.23 Å². The van der Waals surface area contributed by atoms with Crippen LogP contribution in [0.5, 0.6) is 0 Å². The lowest BCUT2D eigenvalue weighted by Gasteiger charge is -2.16. The fraction of sp³-hybridized carbons (Fsp3) is 0.800. The highest BCUT2D eigenvalue weighted by Gasteiger charge is 2.20. The molecule has 9 heavy (non-hydrogen) atoms. The van der Waals surface area contributed by atoms with Crippen LogP contribution in [0, 0.1) is 0 Å². The molecular weight excluding hydrogens is 120 g/mol. The molecule has 1 saturated heterocycles. The molecule has 0 saturated carbocycles. The number of carbonyl (C=O) groups excluding carboxylic acids is 1. The van der Waals surface area contributed by atoms with Crippen LogP contribution < -0.4 is 5.43 Å². The van der Waals surface area contributed by atoms with Crippen LogP contribution in [0.25, 0.3) is 0 Å². The van der Waals surface area contributed by atoms with Crippen LogP contribution in [0.15, 0.2) is 0 Å². The first-order chi connectivity index (χ1) is 4.34. The van der Waals surface area contributed by atoms with Crippen LogP contribution in [0.1, 0.15) is 12.8 Å². The van der Waals surface area contributed by atoms with E-state index in [1.165, 1.54) is 11.4 Å². The van der Waals surface area contributed by atoms with Gasteiger partial charge in [0.15, 0.2) is 0 Å². The molecule has 1 amide bonds. The smallest absolute Gasteiger partial charge is 0.325 e. The minimum Gasteiger partial charge on any atom is -0.377 e. The largest absolute Gasteiger partial charge is 0.377 e. The molecule has 0 spiro atoms. The Morgan fingerprint density at radius 1 is 1.78 bits per heavy atom. The van der Waals surface area contributed by atoms with Gasteiger partial charge in [-0.25, -0.2) is 0 Å². The van der Waals surface area contributed by atoms with Gasteiger partial charge in [-0.05, 0) is 12.8 Å². The van der Waals surface area contributed by atoms with Crippen LogP contribution in [0.2, 0.25) is 0 Å². The summed E-state index contributed by atoms with van der Waals surface area (Å²) in [5.74, 6) is 0. The van der Waals surface area contributed by atoms with Gasteiger partial charge in [-0.15, -0.1) is 0 Å². The number of rotatable bonds is 2. The number of amides is 1. The normalized spacial score (nSPS) is 28.3. The predicted molar refractivity (Wildman–Crippen MR) is 30.8 cm³/mol. The summed E-state index contributed by atoms with van der Waals surface area (Å²) in [5, 5.41) is 10.5. The van der Waals surface area contributed by atoms with Gasteiger partial charge in [-0.3, -0.25) is 10.2 Å². The SMILES string of the molecule is O=[C]NN1CCCC1O.